The Morgan fingerprint density at radius 3 is 2.39 bits per heavy atom. The quantitative estimate of drug-likeness (QED) is 0.605. The number of furan rings is 1. The molecule has 1 aromatic carbocycles. The minimum absolute atomic E-state index is 0.0127. The summed E-state index contributed by atoms with van der Waals surface area (Å²) in [5.74, 6) is 1.77. The molecule has 31 heavy (non-hydrogen) atoms. The lowest BCUT2D eigenvalue weighted by atomic mass is 10.0. The van der Waals surface area contributed by atoms with Crippen LogP contribution in [0.2, 0.25) is 0 Å². The molecule has 0 bridgehead atoms. The molecule has 0 radical (unpaired) electrons. The van der Waals surface area contributed by atoms with Gasteiger partial charge in [-0.15, -0.1) is 0 Å². The van der Waals surface area contributed by atoms with Gasteiger partial charge < -0.3 is 18.7 Å². The Labute approximate surface area is 180 Å². The molecule has 3 heterocycles. The number of nitrogens with zero attached hydrogens (tertiary/aromatic N) is 4. The van der Waals surface area contributed by atoms with Crippen molar-refractivity contribution in [3.63, 3.8) is 0 Å². The predicted molar refractivity (Wildman–Crippen MR) is 113 cm³/mol. The van der Waals surface area contributed by atoms with E-state index in [1.807, 2.05) is 29.2 Å². The second kappa shape index (κ2) is 9.16. The second-order valence-electron chi connectivity index (χ2n) is 7.94. The van der Waals surface area contributed by atoms with Crippen LogP contribution in [0.3, 0.4) is 0 Å². The molecule has 0 spiro atoms. The van der Waals surface area contributed by atoms with Crippen LogP contribution in [-0.4, -0.2) is 57.9 Å². The molecular formula is C23H26N4O4. The number of aromatic nitrogens is 2. The molecule has 0 saturated carbocycles. The van der Waals surface area contributed by atoms with E-state index >= 15 is 0 Å². The van der Waals surface area contributed by atoms with Crippen LogP contribution in [0.1, 0.15) is 48.0 Å². The van der Waals surface area contributed by atoms with Crippen molar-refractivity contribution in [2.45, 2.75) is 32.6 Å². The van der Waals surface area contributed by atoms with E-state index in [0.717, 1.165) is 0 Å². The summed E-state index contributed by atoms with van der Waals surface area (Å²) in [5.41, 5.74) is 1.90. The van der Waals surface area contributed by atoms with Crippen molar-refractivity contribution in [2.24, 2.45) is 0 Å². The lowest BCUT2D eigenvalue weighted by molar-refractivity contribution is -0.132. The first-order chi connectivity index (χ1) is 15.0. The Kier molecular flexibility index (Phi) is 6.16. The van der Waals surface area contributed by atoms with Crippen molar-refractivity contribution in [3.05, 3.63) is 59.7 Å². The Balaban J connectivity index is 1.25. The minimum atomic E-state index is 0.0127. The highest BCUT2D eigenvalue weighted by Gasteiger charge is 2.25. The van der Waals surface area contributed by atoms with Crippen molar-refractivity contribution >= 4 is 11.8 Å². The predicted octanol–water partition coefficient (Wildman–Crippen LogP) is 3.37. The number of amides is 2. The van der Waals surface area contributed by atoms with Gasteiger partial charge in [-0.25, -0.2) is 0 Å². The summed E-state index contributed by atoms with van der Waals surface area (Å²) in [6, 6.07) is 11.3. The number of aryl methyl sites for hydroxylation is 1. The van der Waals surface area contributed by atoms with Crippen LogP contribution >= 0.6 is 0 Å². The highest BCUT2D eigenvalue weighted by atomic mass is 16.5. The molecule has 8 nitrogen and oxygen atoms in total. The molecule has 2 amide bonds. The van der Waals surface area contributed by atoms with E-state index < -0.39 is 0 Å². The van der Waals surface area contributed by atoms with Crippen molar-refractivity contribution < 1.29 is 18.5 Å². The molecule has 0 atom stereocenters. The molecular weight excluding hydrogens is 396 g/mol. The number of benzene rings is 1. The smallest absolute Gasteiger partial charge is 0.253 e. The molecule has 1 saturated heterocycles. The monoisotopic (exact) mass is 422 g/mol. The standard InChI is InChI=1S/C23H26N4O4/c1-16(2)17-5-7-18(8-6-17)23(29)27-13-11-26(12-14-27)21(28)10-9-20-24-22(25-31-20)19-4-3-15-30-19/h3-8,15-16H,9-14H2,1-2H3. The van der Waals surface area contributed by atoms with E-state index in [0.29, 0.717) is 61.6 Å². The normalized spacial score (nSPS) is 14.3. The molecule has 0 N–H and O–H groups in total. The Morgan fingerprint density at radius 2 is 1.74 bits per heavy atom. The zero-order valence-corrected chi connectivity index (χ0v) is 17.8. The maximum Gasteiger partial charge on any atom is 0.253 e. The van der Waals surface area contributed by atoms with Crippen molar-refractivity contribution in [1.29, 1.82) is 0 Å². The molecule has 1 aliphatic heterocycles. The Morgan fingerprint density at radius 1 is 1.03 bits per heavy atom. The fourth-order valence-corrected chi connectivity index (χ4v) is 3.59. The molecule has 162 valence electrons. The fourth-order valence-electron chi connectivity index (χ4n) is 3.59. The Hall–Kier alpha value is -3.42. The number of rotatable bonds is 6. The SMILES string of the molecule is CC(C)c1ccc(C(=O)N2CCN(C(=O)CCc3nc(-c4ccco4)no3)CC2)cc1. The van der Waals surface area contributed by atoms with Crippen molar-refractivity contribution in [1.82, 2.24) is 19.9 Å². The van der Waals surface area contributed by atoms with Crippen LogP contribution in [0.5, 0.6) is 0 Å². The lowest BCUT2D eigenvalue weighted by Crippen LogP contribution is -2.50. The van der Waals surface area contributed by atoms with E-state index in [1.165, 1.54) is 5.56 Å². The third-order valence-electron chi connectivity index (χ3n) is 5.51. The van der Waals surface area contributed by atoms with E-state index in [-0.39, 0.29) is 18.2 Å². The number of hydrogen-bond acceptors (Lipinski definition) is 6. The highest BCUT2D eigenvalue weighted by molar-refractivity contribution is 5.94. The summed E-state index contributed by atoms with van der Waals surface area (Å²) in [4.78, 5) is 33.2. The largest absolute Gasteiger partial charge is 0.461 e. The summed E-state index contributed by atoms with van der Waals surface area (Å²) < 4.78 is 10.4. The highest BCUT2D eigenvalue weighted by Crippen LogP contribution is 2.18. The van der Waals surface area contributed by atoms with Gasteiger partial charge in [0.25, 0.3) is 5.91 Å². The summed E-state index contributed by atoms with van der Waals surface area (Å²) >= 11 is 0. The van der Waals surface area contributed by atoms with E-state index in [9.17, 15) is 9.59 Å². The van der Waals surface area contributed by atoms with Crippen LogP contribution in [0.25, 0.3) is 11.6 Å². The average Bonchev–Trinajstić information content (AvgIpc) is 3.49. The summed E-state index contributed by atoms with van der Waals surface area (Å²) in [6.07, 6.45) is 2.19. The number of hydrogen-bond donors (Lipinski definition) is 0. The van der Waals surface area contributed by atoms with Gasteiger partial charge in [-0.3, -0.25) is 9.59 Å². The van der Waals surface area contributed by atoms with Crippen LogP contribution in [-0.2, 0) is 11.2 Å². The molecule has 4 rings (SSSR count). The van der Waals surface area contributed by atoms with E-state index in [1.54, 1.807) is 23.3 Å². The zero-order chi connectivity index (χ0) is 21.8. The van der Waals surface area contributed by atoms with Gasteiger partial charge in [0, 0.05) is 44.6 Å². The zero-order valence-electron chi connectivity index (χ0n) is 17.8. The van der Waals surface area contributed by atoms with Crippen LogP contribution in [0, 0.1) is 0 Å². The van der Waals surface area contributed by atoms with Crippen molar-refractivity contribution in [3.8, 4) is 11.6 Å². The van der Waals surface area contributed by atoms with Gasteiger partial charge in [-0.05, 0) is 35.7 Å². The third kappa shape index (κ3) is 4.84. The summed E-state index contributed by atoms with van der Waals surface area (Å²) in [5, 5.41) is 3.87. The van der Waals surface area contributed by atoms with Gasteiger partial charge in [0.15, 0.2) is 5.76 Å². The number of piperazine rings is 1. The fraction of sp³-hybridized carbons (Fsp3) is 0.391. The van der Waals surface area contributed by atoms with Gasteiger partial charge in [0.1, 0.15) is 0 Å². The molecule has 0 unspecified atom stereocenters. The maximum absolute atomic E-state index is 12.8. The Bertz CT molecular complexity index is 1020. The topological polar surface area (TPSA) is 92.7 Å². The van der Waals surface area contributed by atoms with Gasteiger partial charge in [-0.1, -0.05) is 31.1 Å². The first kappa shape index (κ1) is 20.8. The molecule has 1 fully saturated rings. The van der Waals surface area contributed by atoms with Crippen molar-refractivity contribution in [2.75, 3.05) is 26.2 Å². The maximum atomic E-state index is 12.8. The third-order valence-corrected chi connectivity index (χ3v) is 5.51. The molecule has 1 aliphatic rings. The molecule has 2 aromatic heterocycles. The van der Waals surface area contributed by atoms with Gasteiger partial charge in [0.05, 0.1) is 6.26 Å². The summed E-state index contributed by atoms with van der Waals surface area (Å²) in [6.45, 7) is 6.36. The number of carbonyl (C=O) groups is 2. The second-order valence-corrected chi connectivity index (χ2v) is 7.94. The lowest BCUT2D eigenvalue weighted by Gasteiger charge is -2.35. The van der Waals surface area contributed by atoms with E-state index in [2.05, 4.69) is 24.0 Å². The average molecular weight is 422 g/mol. The number of carbonyl (C=O) groups excluding carboxylic acids is 2. The molecule has 0 aliphatic carbocycles. The van der Waals surface area contributed by atoms with Gasteiger partial charge >= 0.3 is 0 Å². The van der Waals surface area contributed by atoms with Gasteiger partial charge in [-0.2, -0.15) is 4.98 Å². The molecule has 8 heteroatoms. The van der Waals surface area contributed by atoms with E-state index in [4.69, 9.17) is 8.94 Å². The van der Waals surface area contributed by atoms with Gasteiger partial charge in [0.2, 0.25) is 17.6 Å². The molecule has 3 aromatic rings. The van der Waals surface area contributed by atoms with Crippen LogP contribution < -0.4 is 0 Å². The first-order valence-electron chi connectivity index (χ1n) is 10.5. The minimum Gasteiger partial charge on any atom is -0.461 e. The summed E-state index contributed by atoms with van der Waals surface area (Å²) in [7, 11) is 0. The van der Waals surface area contributed by atoms with Crippen LogP contribution in [0.4, 0.5) is 0 Å². The first-order valence-corrected chi connectivity index (χ1v) is 10.5. The van der Waals surface area contributed by atoms with Crippen LogP contribution in [0.15, 0.2) is 51.6 Å².